The van der Waals surface area contributed by atoms with Gasteiger partial charge in [0.2, 0.25) is 0 Å². The summed E-state index contributed by atoms with van der Waals surface area (Å²) >= 11 is 0. The Bertz CT molecular complexity index is 666. The van der Waals surface area contributed by atoms with Gasteiger partial charge in [-0.15, -0.1) is 0 Å². The lowest BCUT2D eigenvalue weighted by molar-refractivity contribution is -0.140. The lowest BCUT2D eigenvalue weighted by Crippen LogP contribution is -2.10. The quantitative estimate of drug-likeness (QED) is 0.624. The van der Waals surface area contributed by atoms with Crippen molar-refractivity contribution in [3.05, 3.63) is 65.0 Å². The molecule has 2 rings (SSSR count). The van der Waals surface area contributed by atoms with Gasteiger partial charge in [-0.1, -0.05) is 6.07 Å². The minimum Gasteiger partial charge on any atom is -0.288 e. The standard InChI is InChI=1S/C13H6F5NO/c14-10-5-7(1-2-9(10)13(16,17)18)12(20)8-3-4-19-6-11(8)15/h1-6H. The van der Waals surface area contributed by atoms with E-state index in [0.29, 0.717) is 12.1 Å². The molecule has 0 unspecified atom stereocenters. The highest BCUT2D eigenvalue weighted by Crippen LogP contribution is 2.31. The molecule has 1 aromatic carbocycles. The maximum absolute atomic E-state index is 13.3. The second kappa shape index (κ2) is 4.99. The summed E-state index contributed by atoms with van der Waals surface area (Å²) < 4.78 is 63.8. The van der Waals surface area contributed by atoms with Crippen LogP contribution in [0, 0.1) is 11.6 Å². The van der Waals surface area contributed by atoms with Crippen LogP contribution in [0.25, 0.3) is 0 Å². The number of pyridine rings is 1. The molecular formula is C13H6F5NO. The topological polar surface area (TPSA) is 30.0 Å². The molecule has 2 nitrogen and oxygen atoms in total. The predicted octanol–water partition coefficient (Wildman–Crippen LogP) is 3.61. The third-order valence-corrected chi connectivity index (χ3v) is 2.55. The number of nitrogens with zero attached hydrogens (tertiary/aromatic N) is 1. The Morgan fingerprint density at radius 1 is 1.05 bits per heavy atom. The van der Waals surface area contributed by atoms with E-state index in [1.165, 1.54) is 0 Å². The molecule has 0 spiro atoms. The Labute approximate surface area is 109 Å². The van der Waals surface area contributed by atoms with E-state index in [1.807, 2.05) is 0 Å². The van der Waals surface area contributed by atoms with Crippen molar-refractivity contribution in [2.45, 2.75) is 6.18 Å². The molecule has 1 heterocycles. The summed E-state index contributed by atoms with van der Waals surface area (Å²) in [6.07, 6.45) is -2.92. The van der Waals surface area contributed by atoms with Gasteiger partial charge in [0.25, 0.3) is 0 Å². The summed E-state index contributed by atoms with van der Waals surface area (Å²) in [5.74, 6) is -3.44. The number of carbonyl (C=O) groups is 1. The summed E-state index contributed by atoms with van der Waals surface area (Å²) in [7, 11) is 0. The lowest BCUT2D eigenvalue weighted by Gasteiger charge is -2.09. The van der Waals surface area contributed by atoms with Gasteiger partial charge in [-0.3, -0.25) is 9.78 Å². The second-order valence-corrected chi connectivity index (χ2v) is 3.88. The zero-order valence-corrected chi connectivity index (χ0v) is 9.71. The van der Waals surface area contributed by atoms with Gasteiger partial charge in [-0.25, -0.2) is 8.78 Å². The number of hydrogen-bond acceptors (Lipinski definition) is 2. The van der Waals surface area contributed by atoms with Crippen LogP contribution >= 0.6 is 0 Å². The molecule has 0 aliphatic carbocycles. The largest absolute Gasteiger partial charge is 0.419 e. The van der Waals surface area contributed by atoms with Crippen molar-refractivity contribution in [3.8, 4) is 0 Å². The van der Waals surface area contributed by atoms with Crippen molar-refractivity contribution < 1.29 is 26.7 Å². The number of alkyl halides is 3. The minimum atomic E-state index is -4.85. The Morgan fingerprint density at radius 3 is 2.30 bits per heavy atom. The number of halogens is 5. The van der Waals surface area contributed by atoms with Gasteiger partial charge in [-0.2, -0.15) is 13.2 Å². The van der Waals surface area contributed by atoms with Gasteiger partial charge in [0.1, 0.15) is 5.82 Å². The number of rotatable bonds is 2. The highest BCUT2D eigenvalue weighted by molar-refractivity contribution is 6.09. The molecule has 1 aromatic heterocycles. The van der Waals surface area contributed by atoms with Crippen molar-refractivity contribution in [3.63, 3.8) is 0 Å². The van der Waals surface area contributed by atoms with Crippen LogP contribution in [0.15, 0.2) is 36.7 Å². The molecule has 0 bridgehead atoms. The second-order valence-electron chi connectivity index (χ2n) is 3.88. The van der Waals surface area contributed by atoms with Gasteiger partial charge in [0, 0.05) is 11.8 Å². The van der Waals surface area contributed by atoms with Crippen LogP contribution < -0.4 is 0 Å². The molecule has 0 saturated heterocycles. The fourth-order valence-corrected chi connectivity index (χ4v) is 1.60. The Kier molecular flexibility index (Phi) is 3.52. The lowest BCUT2D eigenvalue weighted by atomic mass is 10.0. The van der Waals surface area contributed by atoms with Crippen LogP contribution in [0.3, 0.4) is 0 Å². The van der Waals surface area contributed by atoms with E-state index in [9.17, 15) is 26.7 Å². The van der Waals surface area contributed by atoms with Crippen LogP contribution in [-0.4, -0.2) is 10.8 Å². The van der Waals surface area contributed by atoms with E-state index in [0.717, 1.165) is 24.5 Å². The minimum absolute atomic E-state index is 0.374. The third-order valence-electron chi connectivity index (χ3n) is 2.55. The van der Waals surface area contributed by atoms with Gasteiger partial charge >= 0.3 is 6.18 Å². The number of hydrogen-bond donors (Lipinski definition) is 0. The molecule has 2 aromatic rings. The Balaban J connectivity index is 2.43. The average molecular weight is 287 g/mol. The first-order valence-electron chi connectivity index (χ1n) is 5.31. The van der Waals surface area contributed by atoms with Crippen LogP contribution in [-0.2, 0) is 6.18 Å². The van der Waals surface area contributed by atoms with E-state index in [-0.39, 0.29) is 11.1 Å². The Hall–Kier alpha value is -2.31. The van der Waals surface area contributed by atoms with E-state index in [1.54, 1.807) is 0 Å². The van der Waals surface area contributed by atoms with E-state index in [4.69, 9.17) is 0 Å². The number of ketones is 1. The van der Waals surface area contributed by atoms with E-state index < -0.39 is 29.2 Å². The SMILES string of the molecule is O=C(c1ccc(C(F)(F)F)c(F)c1)c1ccncc1F. The summed E-state index contributed by atoms with van der Waals surface area (Å²) in [5, 5.41) is 0. The van der Waals surface area contributed by atoms with Crippen LogP contribution in [0.2, 0.25) is 0 Å². The molecule has 0 amide bonds. The summed E-state index contributed by atoms with van der Waals surface area (Å²) in [6, 6.07) is 2.74. The van der Waals surface area contributed by atoms with E-state index >= 15 is 0 Å². The van der Waals surface area contributed by atoms with Crippen molar-refractivity contribution in [1.29, 1.82) is 0 Å². The molecular weight excluding hydrogens is 281 g/mol. The monoisotopic (exact) mass is 287 g/mol. The predicted molar refractivity (Wildman–Crippen MR) is 59.0 cm³/mol. The average Bonchev–Trinajstić information content (AvgIpc) is 2.37. The highest BCUT2D eigenvalue weighted by atomic mass is 19.4. The molecule has 0 saturated carbocycles. The molecule has 20 heavy (non-hydrogen) atoms. The van der Waals surface area contributed by atoms with Crippen LogP contribution in [0.5, 0.6) is 0 Å². The van der Waals surface area contributed by atoms with Crippen LogP contribution in [0.1, 0.15) is 21.5 Å². The zero-order chi connectivity index (χ0) is 14.9. The number of carbonyl (C=O) groups excluding carboxylic acids is 1. The summed E-state index contributed by atoms with van der Waals surface area (Å²) in [5.41, 5.74) is -2.25. The van der Waals surface area contributed by atoms with Gasteiger partial charge < -0.3 is 0 Å². The summed E-state index contributed by atoms with van der Waals surface area (Å²) in [6.45, 7) is 0. The maximum Gasteiger partial charge on any atom is 0.419 e. The molecule has 0 radical (unpaired) electrons. The molecule has 0 aliphatic heterocycles. The fourth-order valence-electron chi connectivity index (χ4n) is 1.60. The first kappa shape index (κ1) is 14.1. The number of aromatic nitrogens is 1. The molecule has 7 heteroatoms. The van der Waals surface area contributed by atoms with Gasteiger partial charge in [0.15, 0.2) is 11.6 Å². The van der Waals surface area contributed by atoms with Gasteiger partial charge in [0.05, 0.1) is 17.3 Å². The van der Waals surface area contributed by atoms with Crippen molar-refractivity contribution in [2.75, 3.05) is 0 Å². The zero-order valence-electron chi connectivity index (χ0n) is 9.71. The molecule has 0 fully saturated rings. The summed E-state index contributed by atoms with van der Waals surface area (Å²) in [4.78, 5) is 15.3. The third kappa shape index (κ3) is 2.66. The fraction of sp³-hybridized carbons (Fsp3) is 0.0769. The highest BCUT2D eigenvalue weighted by Gasteiger charge is 2.34. The molecule has 0 aliphatic rings. The van der Waals surface area contributed by atoms with E-state index in [2.05, 4.69) is 4.98 Å². The number of benzene rings is 1. The first-order valence-corrected chi connectivity index (χ1v) is 5.31. The Morgan fingerprint density at radius 2 is 1.75 bits per heavy atom. The molecule has 0 N–H and O–H groups in total. The van der Waals surface area contributed by atoms with Gasteiger partial charge in [-0.05, 0) is 18.2 Å². The molecule has 0 atom stereocenters. The van der Waals surface area contributed by atoms with Crippen molar-refractivity contribution in [2.24, 2.45) is 0 Å². The smallest absolute Gasteiger partial charge is 0.288 e. The maximum atomic E-state index is 13.3. The van der Waals surface area contributed by atoms with Crippen molar-refractivity contribution >= 4 is 5.78 Å². The molecule has 104 valence electrons. The van der Waals surface area contributed by atoms with Crippen molar-refractivity contribution in [1.82, 2.24) is 4.98 Å². The normalized spacial score (nSPS) is 11.4. The first-order chi connectivity index (χ1) is 9.30. The van der Waals surface area contributed by atoms with Crippen LogP contribution in [0.4, 0.5) is 22.0 Å².